The number of halogens is 2. The molecule has 4 rings (SSSR count). The number of guanidine groups is 1. The molecule has 0 spiro atoms. The first kappa shape index (κ1) is 23.2. The Hall–Kier alpha value is -3.01. The highest BCUT2D eigenvalue weighted by atomic mass is 35.5. The third-order valence-electron chi connectivity index (χ3n) is 5.22. The number of methoxy groups -OCH3 is 1. The number of aliphatic imine (C=N–C) groups is 1. The smallest absolute Gasteiger partial charge is 0.191 e. The van der Waals surface area contributed by atoms with Crippen LogP contribution in [0.5, 0.6) is 11.5 Å². The normalized spacial score (nSPS) is 16.7. The van der Waals surface area contributed by atoms with Crippen LogP contribution >= 0.6 is 23.2 Å². The first-order chi connectivity index (χ1) is 16.0. The quantitative estimate of drug-likeness (QED) is 0.397. The zero-order valence-electron chi connectivity index (χ0n) is 18.2. The highest BCUT2D eigenvalue weighted by Gasteiger charge is 2.23. The molecule has 0 aliphatic carbocycles. The minimum absolute atomic E-state index is 0.156. The molecule has 1 aliphatic rings. The zero-order chi connectivity index (χ0) is 23.4. The van der Waals surface area contributed by atoms with E-state index in [1.54, 1.807) is 26.3 Å². The van der Waals surface area contributed by atoms with Crippen LogP contribution in [-0.2, 0) is 4.74 Å². The van der Waals surface area contributed by atoms with Gasteiger partial charge in [-0.2, -0.15) is 0 Å². The molecule has 1 unspecified atom stereocenters. The number of nitrogens with zero attached hydrogens (tertiary/aromatic N) is 4. The molecule has 1 aromatic heterocycles. The average Bonchev–Trinajstić information content (AvgIpc) is 2.84. The molecule has 0 bridgehead atoms. The molecule has 9 nitrogen and oxygen atoms in total. The molecule has 0 radical (unpaired) electrons. The van der Waals surface area contributed by atoms with Gasteiger partial charge in [0.25, 0.3) is 0 Å². The van der Waals surface area contributed by atoms with E-state index in [2.05, 4.69) is 20.3 Å². The van der Waals surface area contributed by atoms with Crippen LogP contribution in [0.15, 0.2) is 41.7 Å². The van der Waals surface area contributed by atoms with Gasteiger partial charge in [0.2, 0.25) is 0 Å². The number of benzene rings is 2. The SMILES string of the molecule is C/N=C(\N)N1CCOC(COc2cc3ncnc(Nc4ccc(Cl)c(Cl)c4)c3cc2OC)C1. The molecule has 174 valence electrons. The molecule has 33 heavy (non-hydrogen) atoms. The number of anilines is 2. The summed E-state index contributed by atoms with van der Waals surface area (Å²) in [5.41, 5.74) is 7.37. The molecule has 3 aromatic rings. The van der Waals surface area contributed by atoms with E-state index in [9.17, 15) is 0 Å². The van der Waals surface area contributed by atoms with Crippen LogP contribution in [0.25, 0.3) is 10.9 Å². The fourth-order valence-electron chi connectivity index (χ4n) is 3.50. The lowest BCUT2D eigenvalue weighted by molar-refractivity contribution is -0.0292. The Morgan fingerprint density at radius 2 is 2.09 bits per heavy atom. The molecule has 0 amide bonds. The summed E-state index contributed by atoms with van der Waals surface area (Å²) in [7, 11) is 3.25. The molecule has 1 atom stereocenters. The second-order valence-corrected chi connectivity index (χ2v) is 8.14. The van der Waals surface area contributed by atoms with Gasteiger partial charge in [-0.3, -0.25) is 4.99 Å². The minimum Gasteiger partial charge on any atom is -0.493 e. The van der Waals surface area contributed by atoms with E-state index in [4.69, 9.17) is 43.1 Å². The van der Waals surface area contributed by atoms with Crippen molar-refractivity contribution in [2.75, 3.05) is 45.8 Å². The molecule has 1 saturated heterocycles. The highest BCUT2D eigenvalue weighted by Crippen LogP contribution is 2.35. The number of hydrogen-bond acceptors (Lipinski definition) is 7. The van der Waals surface area contributed by atoms with Crippen molar-refractivity contribution in [1.82, 2.24) is 14.9 Å². The van der Waals surface area contributed by atoms with Crippen molar-refractivity contribution in [2.45, 2.75) is 6.10 Å². The first-order valence-electron chi connectivity index (χ1n) is 10.2. The predicted octanol–water partition coefficient (Wildman–Crippen LogP) is 3.71. The molecular formula is C22H24Cl2N6O3. The Morgan fingerprint density at radius 3 is 2.85 bits per heavy atom. The predicted molar refractivity (Wildman–Crippen MR) is 130 cm³/mol. The standard InChI is InChI=1S/C22H24Cl2N6O3/c1-26-22(25)30-5-6-32-14(10-30)11-33-20-9-18-15(8-19(20)31-2)21(28-12-27-18)29-13-3-4-16(23)17(24)7-13/h3-4,7-9,12,14H,5-6,10-11H2,1-2H3,(H2,25,26)(H,27,28,29). The van der Waals surface area contributed by atoms with Crippen LogP contribution in [0.3, 0.4) is 0 Å². The largest absolute Gasteiger partial charge is 0.493 e. The first-order valence-corrected chi connectivity index (χ1v) is 11.0. The number of nitrogens with two attached hydrogens (primary N) is 1. The fourth-order valence-corrected chi connectivity index (χ4v) is 3.80. The van der Waals surface area contributed by atoms with E-state index < -0.39 is 0 Å². The van der Waals surface area contributed by atoms with E-state index >= 15 is 0 Å². The van der Waals surface area contributed by atoms with Crippen LogP contribution in [0.2, 0.25) is 10.0 Å². The third kappa shape index (κ3) is 5.32. The van der Waals surface area contributed by atoms with Crippen LogP contribution in [0, 0.1) is 0 Å². The third-order valence-corrected chi connectivity index (χ3v) is 5.96. The van der Waals surface area contributed by atoms with E-state index in [-0.39, 0.29) is 6.10 Å². The van der Waals surface area contributed by atoms with Crippen molar-refractivity contribution in [3.8, 4) is 11.5 Å². The Bertz CT molecular complexity index is 1180. The van der Waals surface area contributed by atoms with Gasteiger partial charge in [-0.25, -0.2) is 9.97 Å². The Balaban J connectivity index is 1.54. The summed E-state index contributed by atoms with van der Waals surface area (Å²) in [4.78, 5) is 14.8. The van der Waals surface area contributed by atoms with Crippen LogP contribution in [0.1, 0.15) is 0 Å². The van der Waals surface area contributed by atoms with Gasteiger partial charge < -0.3 is 30.2 Å². The molecular weight excluding hydrogens is 467 g/mol. The van der Waals surface area contributed by atoms with Gasteiger partial charge in [-0.05, 0) is 24.3 Å². The summed E-state index contributed by atoms with van der Waals surface area (Å²) in [5, 5.41) is 4.94. The number of ether oxygens (including phenoxy) is 3. The summed E-state index contributed by atoms with van der Waals surface area (Å²) in [5.74, 6) is 2.20. The van der Waals surface area contributed by atoms with Gasteiger partial charge in [-0.1, -0.05) is 23.2 Å². The summed E-state index contributed by atoms with van der Waals surface area (Å²) >= 11 is 12.1. The average molecular weight is 491 g/mol. The lowest BCUT2D eigenvalue weighted by atomic mass is 10.2. The maximum atomic E-state index is 6.13. The Kier molecular flexibility index (Phi) is 7.22. The number of nitrogens with one attached hydrogen (secondary N) is 1. The van der Waals surface area contributed by atoms with E-state index in [1.165, 1.54) is 6.33 Å². The van der Waals surface area contributed by atoms with Crippen molar-refractivity contribution in [2.24, 2.45) is 10.7 Å². The van der Waals surface area contributed by atoms with Crippen LogP contribution in [0.4, 0.5) is 11.5 Å². The van der Waals surface area contributed by atoms with E-state index in [1.807, 2.05) is 23.1 Å². The van der Waals surface area contributed by atoms with Gasteiger partial charge in [0.15, 0.2) is 17.5 Å². The molecule has 1 aliphatic heterocycles. The summed E-state index contributed by atoms with van der Waals surface area (Å²) < 4.78 is 17.4. The summed E-state index contributed by atoms with van der Waals surface area (Å²) in [6.07, 6.45) is 1.32. The second kappa shape index (κ2) is 10.3. The monoisotopic (exact) mass is 490 g/mol. The molecule has 2 aromatic carbocycles. The molecule has 2 heterocycles. The van der Waals surface area contributed by atoms with Crippen molar-refractivity contribution < 1.29 is 14.2 Å². The number of aromatic nitrogens is 2. The Labute approximate surface area is 201 Å². The lowest BCUT2D eigenvalue weighted by Gasteiger charge is -2.33. The van der Waals surface area contributed by atoms with Gasteiger partial charge >= 0.3 is 0 Å². The van der Waals surface area contributed by atoms with Crippen LogP contribution < -0.4 is 20.5 Å². The van der Waals surface area contributed by atoms with Crippen molar-refractivity contribution >= 4 is 51.6 Å². The molecule has 11 heteroatoms. The Morgan fingerprint density at radius 1 is 1.24 bits per heavy atom. The summed E-state index contributed by atoms with van der Waals surface area (Å²) in [6, 6.07) is 8.92. The van der Waals surface area contributed by atoms with Crippen molar-refractivity contribution in [3.63, 3.8) is 0 Å². The summed E-state index contributed by atoms with van der Waals surface area (Å²) in [6.45, 7) is 2.17. The van der Waals surface area contributed by atoms with Crippen molar-refractivity contribution in [1.29, 1.82) is 0 Å². The van der Waals surface area contributed by atoms with Crippen molar-refractivity contribution in [3.05, 3.63) is 46.7 Å². The number of rotatable bonds is 6. The molecule has 1 fully saturated rings. The van der Waals surface area contributed by atoms with Crippen LogP contribution in [-0.4, -0.2) is 67.4 Å². The topological polar surface area (TPSA) is 107 Å². The van der Waals surface area contributed by atoms with Gasteiger partial charge in [0.1, 0.15) is 24.9 Å². The second-order valence-electron chi connectivity index (χ2n) is 7.33. The maximum Gasteiger partial charge on any atom is 0.191 e. The van der Waals surface area contributed by atoms with Gasteiger partial charge in [0.05, 0.1) is 35.8 Å². The fraction of sp³-hybridized carbons (Fsp3) is 0.318. The highest BCUT2D eigenvalue weighted by molar-refractivity contribution is 6.42. The molecule has 3 N–H and O–H groups in total. The lowest BCUT2D eigenvalue weighted by Crippen LogP contribution is -2.50. The van der Waals surface area contributed by atoms with Gasteiger partial charge in [-0.15, -0.1) is 0 Å². The van der Waals surface area contributed by atoms with Gasteiger partial charge in [0, 0.05) is 30.7 Å². The molecule has 0 saturated carbocycles. The van der Waals surface area contributed by atoms with E-state index in [0.29, 0.717) is 65.1 Å². The van der Waals surface area contributed by atoms with E-state index in [0.717, 1.165) is 11.1 Å². The number of hydrogen-bond donors (Lipinski definition) is 2. The minimum atomic E-state index is -0.156. The zero-order valence-corrected chi connectivity index (χ0v) is 19.7. The maximum absolute atomic E-state index is 6.13. The number of morpholine rings is 1. The number of fused-ring (bicyclic) bond motifs is 1.